The lowest BCUT2D eigenvalue weighted by molar-refractivity contribution is -0.147. The molecule has 5 N–H and O–H groups in total. The highest BCUT2D eigenvalue weighted by molar-refractivity contribution is 6.38. The summed E-state index contributed by atoms with van der Waals surface area (Å²) < 4.78 is 0. The largest absolute Gasteiger partial charge is 0.354 e. The monoisotopic (exact) mass is 750 g/mol. The zero-order chi connectivity index (χ0) is 39.5. The molecule has 1 aromatic heterocycles. The molecule has 6 atom stereocenters. The fourth-order valence-electron chi connectivity index (χ4n) is 8.92. The average molecular weight is 751 g/mol. The number of nitrogens with one attached hydrogen (secondary N) is 5. The van der Waals surface area contributed by atoms with Crippen LogP contribution in [-0.2, 0) is 24.0 Å². The van der Waals surface area contributed by atoms with E-state index in [1.165, 1.54) is 6.92 Å². The van der Waals surface area contributed by atoms with Gasteiger partial charge in [-0.3, -0.25) is 33.6 Å². The van der Waals surface area contributed by atoms with Crippen molar-refractivity contribution in [2.24, 2.45) is 17.3 Å². The quantitative estimate of drug-likeness (QED) is 0.138. The predicted octanol–water partition coefficient (Wildman–Crippen LogP) is 4.34. The van der Waals surface area contributed by atoms with Crippen molar-refractivity contribution in [3.05, 3.63) is 22.5 Å². The Bertz CT molecular complexity index is 1620. The molecule has 5 amide bonds. The molecule has 1 aromatic rings. The Hall–Kier alpha value is -4.03. The molecule has 0 bridgehead atoms. The Morgan fingerprint density at radius 3 is 2.11 bits per heavy atom. The van der Waals surface area contributed by atoms with Gasteiger partial charge >= 0.3 is 0 Å². The maximum atomic E-state index is 15.0. The molecular weight excluding hydrogens is 688 g/mol. The van der Waals surface area contributed by atoms with Gasteiger partial charge in [-0.2, -0.15) is 0 Å². The van der Waals surface area contributed by atoms with E-state index >= 15 is 0 Å². The number of hydrogen-bond acceptors (Lipinski definition) is 7. The van der Waals surface area contributed by atoms with Crippen LogP contribution in [0, 0.1) is 31.1 Å². The van der Waals surface area contributed by atoms with E-state index in [1.807, 2.05) is 27.7 Å². The van der Waals surface area contributed by atoms with Crippen molar-refractivity contribution in [1.29, 1.82) is 0 Å². The first-order valence-corrected chi connectivity index (χ1v) is 20.3. The van der Waals surface area contributed by atoms with Crippen molar-refractivity contribution in [2.75, 3.05) is 0 Å². The van der Waals surface area contributed by atoms with Gasteiger partial charge in [0.2, 0.25) is 23.5 Å². The van der Waals surface area contributed by atoms with Crippen LogP contribution in [0.1, 0.15) is 157 Å². The summed E-state index contributed by atoms with van der Waals surface area (Å²) in [6.07, 6.45) is 10.7. The lowest BCUT2D eigenvalue weighted by Crippen LogP contribution is -2.63. The van der Waals surface area contributed by atoms with Crippen LogP contribution in [0.4, 0.5) is 0 Å². The molecule has 1 saturated heterocycles. The van der Waals surface area contributed by atoms with Crippen molar-refractivity contribution in [1.82, 2.24) is 31.2 Å². The van der Waals surface area contributed by atoms with Crippen LogP contribution in [0.5, 0.6) is 0 Å². The highest BCUT2D eigenvalue weighted by Crippen LogP contribution is 2.41. The Morgan fingerprint density at radius 1 is 0.852 bits per heavy atom. The number of fused-ring (bicyclic) bond motifs is 1. The number of aryl methyl sites for hydroxylation is 1. The first-order valence-electron chi connectivity index (χ1n) is 20.3. The number of rotatable bonds is 14. The van der Waals surface area contributed by atoms with Gasteiger partial charge in [0.1, 0.15) is 23.8 Å². The molecular formula is C41H62N6O7. The first-order chi connectivity index (χ1) is 25.5. The molecule has 0 radical (unpaired) electrons. The summed E-state index contributed by atoms with van der Waals surface area (Å²) in [5.74, 6) is -3.59. The second-order valence-corrected chi connectivity index (χ2v) is 17.4. The summed E-state index contributed by atoms with van der Waals surface area (Å²) >= 11 is 0. The van der Waals surface area contributed by atoms with Gasteiger partial charge < -0.3 is 31.2 Å². The number of Topliss-reactive ketones (excluding diaryl/α,β-unsaturated/α-hetero) is 2. The number of ketones is 2. The Kier molecular flexibility index (Phi) is 13.1. The summed E-state index contributed by atoms with van der Waals surface area (Å²) in [7, 11) is 0. The van der Waals surface area contributed by atoms with Gasteiger partial charge in [-0.15, -0.1) is 0 Å². The second kappa shape index (κ2) is 17.2. The fraction of sp³-hybridized carbons (Fsp3) is 0.732. The van der Waals surface area contributed by atoms with Crippen molar-refractivity contribution in [3.63, 3.8) is 0 Å². The summed E-state index contributed by atoms with van der Waals surface area (Å²) in [6, 6.07) is -4.08. The first kappa shape index (κ1) is 41.1. The van der Waals surface area contributed by atoms with Crippen LogP contribution in [0.15, 0.2) is 0 Å². The van der Waals surface area contributed by atoms with Crippen LogP contribution in [-0.4, -0.2) is 87.2 Å². The zero-order valence-electron chi connectivity index (χ0n) is 33.3. The van der Waals surface area contributed by atoms with Gasteiger partial charge in [0.15, 0.2) is 5.78 Å². The number of nitrogens with zero attached hydrogens (tertiary/aromatic N) is 1. The van der Waals surface area contributed by atoms with E-state index in [-0.39, 0.29) is 41.3 Å². The van der Waals surface area contributed by atoms with E-state index in [2.05, 4.69) is 26.3 Å². The minimum Gasteiger partial charge on any atom is -0.354 e. The molecule has 13 heteroatoms. The molecule has 1 unspecified atom stereocenters. The highest BCUT2D eigenvalue weighted by Gasteiger charge is 2.51. The molecule has 1 aliphatic heterocycles. The zero-order valence-corrected chi connectivity index (χ0v) is 33.3. The van der Waals surface area contributed by atoms with E-state index < -0.39 is 59.0 Å². The van der Waals surface area contributed by atoms with Crippen molar-refractivity contribution >= 4 is 41.1 Å². The van der Waals surface area contributed by atoms with Crippen LogP contribution in [0.3, 0.4) is 0 Å². The van der Waals surface area contributed by atoms with Crippen LogP contribution in [0.25, 0.3) is 0 Å². The minimum atomic E-state index is -1.04. The van der Waals surface area contributed by atoms with E-state index in [0.29, 0.717) is 36.1 Å². The van der Waals surface area contributed by atoms with Gasteiger partial charge in [0, 0.05) is 17.8 Å². The highest BCUT2D eigenvalue weighted by atomic mass is 16.2. The Morgan fingerprint density at radius 2 is 1.50 bits per heavy atom. The second-order valence-electron chi connectivity index (χ2n) is 17.4. The van der Waals surface area contributed by atoms with Crippen molar-refractivity contribution in [3.8, 4) is 0 Å². The van der Waals surface area contributed by atoms with Crippen LogP contribution < -0.4 is 21.3 Å². The lowest BCUT2D eigenvalue weighted by atomic mass is 9.81. The normalized spacial score (nSPS) is 23.4. The maximum absolute atomic E-state index is 15.0. The van der Waals surface area contributed by atoms with Gasteiger partial charge in [-0.25, -0.2) is 0 Å². The molecule has 4 aliphatic rings. The molecule has 4 fully saturated rings. The summed E-state index contributed by atoms with van der Waals surface area (Å²) in [4.78, 5) is 101. The number of likely N-dealkylation sites (tertiary alicyclic amines) is 1. The molecule has 0 aromatic carbocycles. The summed E-state index contributed by atoms with van der Waals surface area (Å²) in [6.45, 7) is 12.5. The molecule has 3 saturated carbocycles. The minimum absolute atomic E-state index is 0.000881. The molecule has 2 heterocycles. The third-order valence-electron chi connectivity index (χ3n) is 12.2. The number of amides is 5. The lowest BCUT2D eigenvalue weighted by Gasteiger charge is -2.40. The number of hydrogen-bond donors (Lipinski definition) is 5. The van der Waals surface area contributed by atoms with E-state index in [4.69, 9.17) is 0 Å². The number of carbonyl (C=O) groups is 7. The van der Waals surface area contributed by atoms with Gasteiger partial charge in [-0.1, -0.05) is 66.2 Å². The third-order valence-corrected chi connectivity index (χ3v) is 12.2. The van der Waals surface area contributed by atoms with Crippen molar-refractivity contribution in [2.45, 2.75) is 175 Å². The van der Waals surface area contributed by atoms with Gasteiger partial charge in [0.05, 0.1) is 11.6 Å². The van der Waals surface area contributed by atoms with Crippen LogP contribution >= 0.6 is 0 Å². The predicted molar refractivity (Wildman–Crippen MR) is 203 cm³/mol. The summed E-state index contributed by atoms with van der Waals surface area (Å²) in [5.41, 5.74) is 1.01. The number of aromatic nitrogens is 1. The van der Waals surface area contributed by atoms with E-state index in [9.17, 15) is 33.6 Å². The Balaban J connectivity index is 1.41. The molecule has 298 valence electrons. The Labute approximate surface area is 319 Å². The number of aromatic amines is 1. The van der Waals surface area contributed by atoms with E-state index in [1.54, 1.807) is 18.7 Å². The van der Waals surface area contributed by atoms with Gasteiger partial charge in [-0.05, 0) is 95.0 Å². The average Bonchev–Trinajstić information content (AvgIpc) is 3.77. The van der Waals surface area contributed by atoms with E-state index in [0.717, 1.165) is 70.6 Å². The van der Waals surface area contributed by atoms with Crippen molar-refractivity contribution < 1.29 is 33.6 Å². The van der Waals surface area contributed by atoms with Gasteiger partial charge in [0.25, 0.3) is 11.8 Å². The molecule has 0 spiro atoms. The maximum Gasteiger partial charge on any atom is 0.289 e. The fourth-order valence-corrected chi connectivity index (χ4v) is 8.92. The molecule has 54 heavy (non-hydrogen) atoms. The van der Waals surface area contributed by atoms with Crippen LogP contribution in [0.2, 0.25) is 0 Å². The topological polar surface area (TPSA) is 187 Å². The smallest absolute Gasteiger partial charge is 0.289 e. The summed E-state index contributed by atoms with van der Waals surface area (Å²) in [5, 5.41) is 11.6. The molecule has 3 aliphatic carbocycles. The number of carbonyl (C=O) groups excluding carboxylic acids is 7. The molecule has 13 nitrogen and oxygen atoms in total. The standard InChI is InChI=1S/C41H62N6O7/c1-8-14-28(34(49)39(53)43-27-19-20-27)44-36(50)30-21-26-17-12-13-18-29(26)47(30)40(54)35(41(5,6)7)46-37(51)32(25-15-10-9-11-16-25)45-38(52)33-31(24(4)48)22(2)23(3)42-33/h25-30,32,35,42H,8-21H2,1-7H3,(H,43,53)(H,44,50)(H,45,52)(H,46,51)/t26-,28?,29-,30-,32-,35+/m0/s1. The molecule has 5 rings (SSSR count). The third kappa shape index (κ3) is 9.25. The number of H-pyrrole nitrogens is 1. The SMILES string of the molecule is CCCC(NC(=O)[C@@H]1C[C@@H]2CCCC[C@@H]2N1C(=O)[C@@H](NC(=O)[C@@H](NC(=O)c1[nH]c(C)c(C)c1C(C)=O)C1CCCCC1)C(C)(C)C)C(=O)C(=O)NC1CC1.